The van der Waals surface area contributed by atoms with Gasteiger partial charge in [0, 0.05) is 5.92 Å². The fraction of sp³-hybridized carbons (Fsp3) is 0.680. The number of carbonyl (C=O) groups is 2. The molecular formula is C25H37NO4. The van der Waals surface area contributed by atoms with Crippen molar-refractivity contribution in [1.82, 2.24) is 5.32 Å². The van der Waals surface area contributed by atoms with E-state index in [9.17, 15) is 9.59 Å². The molecule has 0 unspecified atom stereocenters. The summed E-state index contributed by atoms with van der Waals surface area (Å²) in [5.41, 5.74) is -0.0671. The maximum Gasteiger partial charge on any atom is 0.338 e. The molecule has 0 amide bonds. The molecule has 1 saturated heterocycles. The van der Waals surface area contributed by atoms with Gasteiger partial charge in [-0.25, -0.2) is 9.59 Å². The van der Waals surface area contributed by atoms with Gasteiger partial charge in [0.1, 0.15) is 11.2 Å². The molecule has 1 aromatic rings. The second-order valence-corrected chi connectivity index (χ2v) is 9.92. The number of esters is 2. The summed E-state index contributed by atoms with van der Waals surface area (Å²) in [6.07, 6.45) is 7.90. The summed E-state index contributed by atoms with van der Waals surface area (Å²) in [5, 5.41) is 3.34. The van der Waals surface area contributed by atoms with E-state index in [-0.39, 0.29) is 11.9 Å². The predicted molar refractivity (Wildman–Crippen MR) is 118 cm³/mol. The third-order valence-corrected chi connectivity index (χ3v) is 6.98. The van der Waals surface area contributed by atoms with Gasteiger partial charge in [0.25, 0.3) is 0 Å². The lowest BCUT2D eigenvalue weighted by atomic mass is 9.79. The Bertz CT molecular complexity index is 663. The highest BCUT2D eigenvalue weighted by molar-refractivity contribution is 5.93. The average molecular weight is 416 g/mol. The molecule has 1 aromatic carbocycles. The molecule has 3 rings (SSSR count). The number of benzene rings is 1. The van der Waals surface area contributed by atoms with Crippen LogP contribution in [0.5, 0.6) is 0 Å². The first-order chi connectivity index (χ1) is 14.2. The number of hydrogen-bond acceptors (Lipinski definition) is 5. The summed E-state index contributed by atoms with van der Waals surface area (Å²) in [6, 6.07) is 6.64. The van der Waals surface area contributed by atoms with Crippen LogP contribution < -0.4 is 5.32 Å². The molecule has 166 valence electrons. The van der Waals surface area contributed by atoms with E-state index in [4.69, 9.17) is 9.47 Å². The summed E-state index contributed by atoms with van der Waals surface area (Å²) < 4.78 is 11.7. The van der Waals surface area contributed by atoms with Crippen LogP contribution in [0, 0.1) is 11.8 Å². The second-order valence-electron chi connectivity index (χ2n) is 9.92. The van der Waals surface area contributed by atoms with E-state index in [0.29, 0.717) is 23.0 Å². The third-order valence-electron chi connectivity index (χ3n) is 6.98. The molecule has 5 heteroatoms. The molecule has 0 radical (unpaired) electrons. The zero-order valence-corrected chi connectivity index (χ0v) is 19.0. The normalized spacial score (nSPS) is 19.3. The van der Waals surface area contributed by atoms with Gasteiger partial charge in [-0.2, -0.15) is 0 Å². The minimum Gasteiger partial charge on any atom is -0.456 e. The molecule has 0 spiro atoms. The standard InChI is InChI=1S/C25H37NO4/c1-24(2,20-8-6-5-7-9-20)29-22(27)18-10-12-19(13-11-18)23(28)30-25(3,4)21-14-16-26-17-15-21/h10-13,20-21,26H,5-9,14-17H2,1-4H3. The second kappa shape index (κ2) is 9.51. The van der Waals surface area contributed by atoms with Gasteiger partial charge in [-0.15, -0.1) is 0 Å². The zero-order valence-electron chi connectivity index (χ0n) is 19.0. The molecule has 1 aliphatic carbocycles. The van der Waals surface area contributed by atoms with E-state index in [0.717, 1.165) is 38.8 Å². The van der Waals surface area contributed by atoms with Crippen molar-refractivity contribution in [2.75, 3.05) is 13.1 Å². The number of hydrogen-bond donors (Lipinski definition) is 1. The molecule has 1 N–H and O–H groups in total. The SMILES string of the molecule is CC(C)(OC(=O)c1ccc(C(=O)OC(C)(C)C2CCNCC2)cc1)C1CCCCC1. The first-order valence-corrected chi connectivity index (χ1v) is 11.5. The Kier molecular flexibility index (Phi) is 7.22. The average Bonchev–Trinajstić information content (AvgIpc) is 2.74. The summed E-state index contributed by atoms with van der Waals surface area (Å²) >= 11 is 0. The smallest absolute Gasteiger partial charge is 0.338 e. The fourth-order valence-electron chi connectivity index (χ4n) is 4.82. The van der Waals surface area contributed by atoms with Crippen molar-refractivity contribution in [1.29, 1.82) is 0 Å². The number of ether oxygens (including phenoxy) is 2. The van der Waals surface area contributed by atoms with Gasteiger partial charge < -0.3 is 14.8 Å². The minimum atomic E-state index is -0.513. The number of nitrogens with one attached hydrogen (secondary N) is 1. The summed E-state index contributed by atoms with van der Waals surface area (Å²) in [5.74, 6) is 0.0714. The first kappa shape index (κ1) is 22.8. The summed E-state index contributed by atoms with van der Waals surface area (Å²) in [6.45, 7) is 9.91. The van der Waals surface area contributed by atoms with Crippen LogP contribution >= 0.6 is 0 Å². The monoisotopic (exact) mass is 415 g/mol. The number of rotatable bonds is 6. The van der Waals surface area contributed by atoms with Crippen LogP contribution in [0.1, 0.15) is 93.4 Å². The van der Waals surface area contributed by atoms with Gasteiger partial charge in [0.2, 0.25) is 0 Å². The Hall–Kier alpha value is -1.88. The van der Waals surface area contributed by atoms with Gasteiger partial charge in [-0.1, -0.05) is 19.3 Å². The molecule has 0 atom stereocenters. The Balaban J connectivity index is 1.59. The van der Waals surface area contributed by atoms with Gasteiger partial charge >= 0.3 is 11.9 Å². The van der Waals surface area contributed by atoms with Crippen molar-refractivity contribution in [2.24, 2.45) is 11.8 Å². The highest BCUT2D eigenvalue weighted by Crippen LogP contribution is 2.35. The van der Waals surface area contributed by atoms with Crippen LogP contribution in [0.15, 0.2) is 24.3 Å². The number of carbonyl (C=O) groups excluding carboxylic acids is 2. The minimum absolute atomic E-state index is 0.333. The van der Waals surface area contributed by atoms with E-state index in [1.54, 1.807) is 24.3 Å². The van der Waals surface area contributed by atoms with E-state index >= 15 is 0 Å². The molecule has 1 aliphatic heterocycles. The lowest BCUT2D eigenvalue weighted by Crippen LogP contribution is -2.42. The third kappa shape index (κ3) is 5.63. The lowest BCUT2D eigenvalue weighted by molar-refractivity contribution is -0.0391. The van der Waals surface area contributed by atoms with Crippen molar-refractivity contribution < 1.29 is 19.1 Å². The van der Waals surface area contributed by atoms with Gasteiger partial charge in [0.05, 0.1) is 11.1 Å². The predicted octanol–water partition coefficient (Wildman–Crippen LogP) is 5.14. The highest BCUT2D eigenvalue weighted by Gasteiger charge is 2.35. The van der Waals surface area contributed by atoms with Gasteiger partial charge in [-0.05, 0) is 96.7 Å². The van der Waals surface area contributed by atoms with E-state index in [1.165, 1.54) is 19.3 Å². The Morgan fingerprint density at radius 1 is 0.733 bits per heavy atom. The van der Waals surface area contributed by atoms with Crippen molar-refractivity contribution in [2.45, 2.75) is 83.8 Å². The quantitative estimate of drug-likeness (QED) is 0.652. The van der Waals surface area contributed by atoms with Crippen molar-refractivity contribution in [3.63, 3.8) is 0 Å². The van der Waals surface area contributed by atoms with E-state index in [2.05, 4.69) is 5.32 Å². The van der Waals surface area contributed by atoms with Gasteiger partial charge in [-0.3, -0.25) is 0 Å². The molecule has 2 aliphatic rings. The van der Waals surface area contributed by atoms with Crippen molar-refractivity contribution >= 4 is 11.9 Å². The van der Waals surface area contributed by atoms with E-state index in [1.807, 2.05) is 27.7 Å². The van der Waals surface area contributed by atoms with Crippen LogP contribution in [0.4, 0.5) is 0 Å². The molecule has 30 heavy (non-hydrogen) atoms. The van der Waals surface area contributed by atoms with Gasteiger partial charge in [0.15, 0.2) is 0 Å². The maximum absolute atomic E-state index is 12.7. The molecule has 1 saturated carbocycles. The summed E-state index contributed by atoms with van der Waals surface area (Å²) in [7, 11) is 0. The Labute approximate surface area is 180 Å². The molecule has 2 fully saturated rings. The van der Waals surface area contributed by atoms with Crippen LogP contribution in [-0.2, 0) is 9.47 Å². The molecule has 0 aromatic heterocycles. The largest absolute Gasteiger partial charge is 0.456 e. The lowest BCUT2D eigenvalue weighted by Gasteiger charge is -2.36. The van der Waals surface area contributed by atoms with Crippen molar-refractivity contribution in [3.05, 3.63) is 35.4 Å². The molecule has 5 nitrogen and oxygen atoms in total. The topological polar surface area (TPSA) is 64.6 Å². The highest BCUT2D eigenvalue weighted by atomic mass is 16.6. The van der Waals surface area contributed by atoms with E-state index < -0.39 is 11.2 Å². The molecular weight excluding hydrogens is 378 g/mol. The zero-order chi connectivity index (χ0) is 21.8. The van der Waals surface area contributed by atoms with Crippen LogP contribution in [0.25, 0.3) is 0 Å². The number of piperidine rings is 1. The van der Waals surface area contributed by atoms with Crippen molar-refractivity contribution in [3.8, 4) is 0 Å². The Morgan fingerprint density at radius 2 is 1.13 bits per heavy atom. The molecule has 0 bridgehead atoms. The Morgan fingerprint density at radius 3 is 1.57 bits per heavy atom. The first-order valence-electron chi connectivity index (χ1n) is 11.5. The fourth-order valence-corrected chi connectivity index (χ4v) is 4.82. The van der Waals surface area contributed by atoms with Crippen LogP contribution in [0.3, 0.4) is 0 Å². The van der Waals surface area contributed by atoms with Crippen LogP contribution in [-0.4, -0.2) is 36.2 Å². The van der Waals surface area contributed by atoms with Crippen LogP contribution in [0.2, 0.25) is 0 Å². The maximum atomic E-state index is 12.7. The molecule has 1 heterocycles. The summed E-state index contributed by atoms with van der Waals surface area (Å²) in [4.78, 5) is 25.3.